The van der Waals surface area contributed by atoms with E-state index in [2.05, 4.69) is 4.74 Å². The summed E-state index contributed by atoms with van der Waals surface area (Å²) in [7, 11) is -5.60. The molecule has 1 N–H and O–H groups in total. The second-order valence-electron chi connectivity index (χ2n) is 5.55. The SMILES string of the molecule is CCC(C)(C)C(C)(C)C(=O)OCC(F)(F)S(=O)(=O)O. The third-order valence-corrected chi connectivity index (χ3v) is 4.71. The summed E-state index contributed by atoms with van der Waals surface area (Å²) < 4.78 is 59.3. The minimum absolute atomic E-state index is 0.516. The van der Waals surface area contributed by atoms with E-state index >= 15 is 0 Å². The first-order valence-corrected chi connectivity index (χ1v) is 7.15. The first kappa shape index (κ1) is 18.2. The first-order valence-electron chi connectivity index (χ1n) is 5.71. The Hall–Kier alpha value is -0.760. The van der Waals surface area contributed by atoms with Gasteiger partial charge in [0.15, 0.2) is 6.61 Å². The van der Waals surface area contributed by atoms with Crippen molar-refractivity contribution >= 4 is 16.1 Å². The summed E-state index contributed by atoms with van der Waals surface area (Å²) in [5, 5.41) is -4.50. The maximum Gasteiger partial charge on any atom is 0.402 e. The topological polar surface area (TPSA) is 80.7 Å². The van der Waals surface area contributed by atoms with Crippen LogP contribution in [0, 0.1) is 10.8 Å². The zero-order valence-corrected chi connectivity index (χ0v) is 12.5. The summed E-state index contributed by atoms with van der Waals surface area (Å²) in [5.41, 5.74) is -1.59. The Labute approximate surface area is 112 Å². The average molecular weight is 302 g/mol. The molecule has 0 amide bonds. The lowest BCUT2D eigenvalue weighted by molar-refractivity contribution is -0.167. The molecule has 0 unspecified atom stereocenters. The molecule has 0 radical (unpaired) electrons. The molecule has 0 spiro atoms. The van der Waals surface area contributed by atoms with Crippen molar-refractivity contribution in [3.8, 4) is 0 Å². The summed E-state index contributed by atoms with van der Waals surface area (Å²) in [6.45, 7) is 6.74. The maximum absolute atomic E-state index is 12.9. The highest BCUT2D eigenvalue weighted by Crippen LogP contribution is 2.42. The zero-order valence-electron chi connectivity index (χ0n) is 11.7. The zero-order chi connectivity index (χ0) is 15.7. The molecule has 0 aliphatic rings. The number of carbonyl (C=O) groups excluding carboxylic acids is 1. The van der Waals surface area contributed by atoms with Crippen molar-refractivity contribution in [1.29, 1.82) is 0 Å². The van der Waals surface area contributed by atoms with E-state index in [1.165, 1.54) is 13.8 Å². The Balaban J connectivity index is 4.93. The lowest BCUT2D eigenvalue weighted by Crippen LogP contribution is -2.43. The van der Waals surface area contributed by atoms with Gasteiger partial charge in [-0.3, -0.25) is 9.35 Å². The average Bonchev–Trinajstić information content (AvgIpc) is 2.23. The third-order valence-electron chi connectivity index (χ3n) is 3.83. The Morgan fingerprint density at radius 1 is 1.21 bits per heavy atom. The number of esters is 1. The molecule has 0 aromatic rings. The van der Waals surface area contributed by atoms with E-state index in [-0.39, 0.29) is 0 Å². The minimum atomic E-state index is -5.60. The van der Waals surface area contributed by atoms with Crippen molar-refractivity contribution in [2.24, 2.45) is 10.8 Å². The van der Waals surface area contributed by atoms with Crippen LogP contribution in [0.3, 0.4) is 0 Å². The van der Waals surface area contributed by atoms with Gasteiger partial charge in [-0.25, -0.2) is 0 Å². The Morgan fingerprint density at radius 2 is 1.63 bits per heavy atom. The van der Waals surface area contributed by atoms with E-state index in [9.17, 15) is 22.0 Å². The molecule has 0 aromatic carbocycles. The molecule has 0 heterocycles. The predicted molar refractivity (Wildman–Crippen MR) is 65.3 cm³/mol. The van der Waals surface area contributed by atoms with Crippen LogP contribution in [0.15, 0.2) is 0 Å². The van der Waals surface area contributed by atoms with Crippen molar-refractivity contribution in [3.05, 3.63) is 0 Å². The molecule has 0 aromatic heterocycles. The quantitative estimate of drug-likeness (QED) is 0.602. The number of carbonyl (C=O) groups is 1. The summed E-state index contributed by atoms with van der Waals surface area (Å²) in [4.78, 5) is 11.8. The Kier molecular flexibility index (Phi) is 5.11. The standard InChI is InChI=1S/C11H20F2O5S/c1-6-9(2,3)10(4,5)8(14)18-7-11(12,13)19(15,16)17/h6-7H2,1-5H3,(H,15,16,17). The van der Waals surface area contributed by atoms with Gasteiger partial charge in [0.25, 0.3) is 0 Å². The molecule has 19 heavy (non-hydrogen) atoms. The van der Waals surface area contributed by atoms with Gasteiger partial charge in [-0.05, 0) is 25.7 Å². The highest BCUT2D eigenvalue weighted by Gasteiger charge is 2.48. The fraction of sp³-hybridized carbons (Fsp3) is 0.909. The highest BCUT2D eigenvalue weighted by molar-refractivity contribution is 7.86. The summed E-state index contributed by atoms with van der Waals surface area (Å²) in [5.74, 6) is -0.942. The molecule has 0 fully saturated rings. The first-order chi connectivity index (χ1) is 8.19. The third kappa shape index (κ3) is 3.85. The number of ether oxygens (including phenoxy) is 1. The number of hydrogen-bond donors (Lipinski definition) is 1. The predicted octanol–water partition coefficient (Wildman–Crippen LogP) is 2.47. The number of halogens is 2. The van der Waals surface area contributed by atoms with Crippen LogP contribution in [-0.2, 0) is 19.6 Å². The van der Waals surface area contributed by atoms with Gasteiger partial charge < -0.3 is 4.74 Å². The summed E-state index contributed by atoms with van der Waals surface area (Å²) in [6.07, 6.45) is 0.601. The van der Waals surface area contributed by atoms with Crippen LogP contribution in [0.1, 0.15) is 41.0 Å². The normalized spacial score (nSPS) is 14.3. The van der Waals surface area contributed by atoms with Gasteiger partial charge in [0, 0.05) is 0 Å². The van der Waals surface area contributed by atoms with E-state index in [1.807, 2.05) is 6.92 Å². The Bertz CT molecular complexity index is 440. The van der Waals surface area contributed by atoms with E-state index in [4.69, 9.17) is 4.55 Å². The van der Waals surface area contributed by atoms with Gasteiger partial charge in [0.05, 0.1) is 5.41 Å². The van der Waals surface area contributed by atoms with E-state index in [0.29, 0.717) is 6.42 Å². The highest BCUT2D eigenvalue weighted by atomic mass is 32.2. The van der Waals surface area contributed by atoms with Crippen molar-refractivity contribution in [2.45, 2.75) is 46.3 Å². The van der Waals surface area contributed by atoms with Crippen LogP contribution in [0.25, 0.3) is 0 Å². The van der Waals surface area contributed by atoms with Crippen LogP contribution >= 0.6 is 0 Å². The van der Waals surface area contributed by atoms with E-state index in [1.54, 1.807) is 13.8 Å². The van der Waals surface area contributed by atoms with Crippen LogP contribution in [0.2, 0.25) is 0 Å². The molecule has 0 bridgehead atoms. The van der Waals surface area contributed by atoms with Gasteiger partial charge in [0.1, 0.15) is 0 Å². The summed E-state index contributed by atoms with van der Waals surface area (Å²) in [6, 6.07) is 0. The van der Waals surface area contributed by atoms with Gasteiger partial charge in [-0.15, -0.1) is 0 Å². The fourth-order valence-corrected chi connectivity index (χ4v) is 1.33. The number of rotatable bonds is 6. The molecule has 0 saturated heterocycles. The second kappa shape index (κ2) is 5.32. The number of hydrogen-bond acceptors (Lipinski definition) is 4. The minimum Gasteiger partial charge on any atom is -0.458 e. The van der Waals surface area contributed by atoms with Gasteiger partial charge in [-0.1, -0.05) is 20.8 Å². The second-order valence-corrected chi connectivity index (χ2v) is 7.10. The maximum atomic E-state index is 12.9. The van der Waals surface area contributed by atoms with Crippen molar-refractivity contribution in [1.82, 2.24) is 0 Å². The van der Waals surface area contributed by atoms with Gasteiger partial charge in [-0.2, -0.15) is 17.2 Å². The molecule has 0 rings (SSSR count). The van der Waals surface area contributed by atoms with Crippen LogP contribution in [0.5, 0.6) is 0 Å². The number of alkyl halides is 2. The van der Waals surface area contributed by atoms with Gasteiger partial charge >= 0.3 is 21.3 Å². The molecule has 0 saturated carbocycles. The van der Waals surface area contributed by atoms with Crippen LogP contribution in [-0.4, -0.2) is 30.8 Å². The molecule has 0 atom stereocenters. The largest absolute Gasteiger partial charge is 0.458 e. The van der Waals surface area contributed by atoms with Crippen molar-refractivity contribution in [3.63, 3.8) is 0 Å². The molecular weight excluding hydrogens is 282 g/mol. The molecular formula is C11H20F2O5S. The fourth-order valence-electron chi connectivity index (χ4n) is 1.12. The van der Waals surface area contributed by atoms with Crippen LogP contribution < -0.4 is 0 Å². The smallest absolute Gasteiger partial charge is 0.402 e. The lowest BCUT2D eigenvalue weighted by Gasteiger charge is -2.38. The molecule has 0 aliphatic carbocycles. The Morgan fingerprint density at radius 3 is 1.95 bits per heavy atom. The van der Waals surface area contributed by atoms with Crippen LogP contribution in [0.4, 0.5) is 8.78 Å². The molecule has 114 valence electrons. The van der Waals surface area contributed by atoms with Crippen molar-refractivity contribution in [2.75, 3.05) is 6.61 Å². The molecule has 5 nitrogen and oxygen atoms in total. The molecule has 8 heteroatoms. The summed E-state index contributed by atoms with van der Waals surface area (Å²) >= 11 is 0. The van der Waals surface area contributed by atoms with Crippen molar-refractivity contribution < 1.29 is 31.3 Å². The van der Waals surface area contributed by atoms with Gasteiger partial charge in [0.2, 0.25) is 0 Å². The van der Waals surface area contributed by atoms with E-state index < -0.39 is 38.8 Å². The lowest BCUT2D eigenvalue weighted by atomic mass is 9.66. The molecule has 0 aliphatic heterocycles. The van der Waals surface area contributed by atoms with E-state index in [0.717, 1.165) is 0 Å². The monoisotopic (exact) mass is 302 g/mol.